The van der Waals surface area contributed by atoms with Gasteiger partial charge in [0.25, 0.3) is 0 Å². The Hall–Kier alpha value is -2.11. The second-order valence-corrected chi connectivity index (χ2v) is 8.69. The van der Waals surface area contributed by atoms with Crippen LogP contribution in [0.2, 0.25) is 5.02 Å². The van der Waals surface area contributed by atoms with Crippen LogP contribution in [0, 0.1) is 5.82 Å². The van der Waals surface area contributed by atoms with Gasteiger partial charge in [-0.25, -0.2) is 4.39 Å². The Balaban J connectivity index is 1.75. The maximum atomic E-state index is 13.5. The summed E-state index contributed by atoms with van der Waals surface area (Å²) in [6.45, 7) is 6.26. The van der Waals surface area contributed by atoms with Crippen LogP contribution < -0.4 is 4.74 Å². The molecular formula is C24H30ClFN2O2. The Kier molecular flexibility index (Phi) is 7.73. The highest BCUT2D eigenvalue weighted by Crippen LogP contribution is 2.24. The SMILES string of the molecule is CC(C)Oc1ccc(CC(=O)N(Cc2ccc(F)cc2Cl)C2CCN(C)CC2)cc1. The quantitative estimate of drug-likeness (QED) is 0.621. The van der Waals surface area contributed by atoms with E-state index in [2.05, 4.69) is 11.9 Å². The molecule has 0 bridgehead atoms. The number of rotatable bonds is 7. The van der Waals surface area contributed by atoms with Crippen molar-refractivity contribution in [3.63, 3.8) is 0 Å². The average Bonchev–Trinajstić information content (AvgIpc) is 2.69. The van der Waals surface area contributed by atoms with Crippen LogP contribution in [0.15, 0.2) is 42.5 Å². The minimum absolute atomic E-state index is 0.0578. The molecule has 4 nitrogen and oxygen atoms in total. The minimum Gasteiger partial charge on any atom is -0.491 e. The fourth-order valence-electron chi connectivity index (χ4n) is 3.80. The number of likely N-dealkylation sites (tertiary alicyclic amines) is 1. The van der Waals surface area contributed by atoms with Crippen molar-refractivity contribution in [1.29, 1.82) is 0 Å². The summed E-state index contributed by atoms with van der Waals surface area (Å²) in [6.07, 6.45) is 2.26. The van der Waals surface area contributed by atoms with Crippen LogP contribution in [0.5, 0.6) is 5.75 Å². The van der Waals surface area contributed by atoms with Gasteiger partial charge in [0.2, 0.25) is 5.91 Å². The molecule has 2 aromatic rings. The minimum atomic E-state index is -0.371. The van der Waals surface area contributed by atoms with Gasteiger partial charge in [-0.1, -0.05) is 29.8 Å². The fraction of sp³-hybridized carbons (Fsp3) is 0.458. The number of ether oxygens (including phenoxy) is 1. The molecule has 1 aliphatic heterocycles. The molecule has 162 valence electrons. The molecule has 0 unspecified atom stereocenters. The molecule has 2 aromatic carbocycles. The molecule has 0 N–H and O–H groups in total. The molecule has 1 aliphatic rings. The van der Waals surface area contributed by atoms with Crippen LogP contribution in [-0.2, 0) is 17.8 Å². The van der Waals surface area contributed by atoms with Crippen LogP contribution in [0.3, 0.4) is 0 Å². The smallest absolute Gasteiger partial charge is 0.227 e. The molecule has 6 heteroatoms. The van der Waals surface area contributed by atoms with E-state index in [0.717, 1.165) is 42.8 Å². The first kappa shape index (κ1) is 22.6. The number of piperidine rings is 1. The second kappa shape index (κ2) is 10.3. The number of carbonyl (C=O) groups is 1. The fourth-order valence-corrected chi connectivity index (χ4v) is 4.02. The van der Waals surface area contributed by atoms with Crippen LogP contribution >= 0.6 is 11.6 Å². The average molecular weight is 433 g/mol. The molecule has 3 rings (SSSR count). The Labute approximate surface area is 183 Å². The predicted octanol–water partition coefficient (Wildman–Crippen LogP) is 4.93. The number of hydrogen-bond donors (Lipinski definition) is 0. The van der Waals surface area contributed by atoms with Gasteiger partial charge < -0.3 is 14.5 Å². The van der Waals surface area contributed by atoms with E-state index in [-0.39, 0.29) is 23.9 Å². The van der Waals surface area contributed by atoms with E-state index in [1.165, 1.54) is 12.1 Å². The van der Waals surface area contributed by atoms with E-state index < -0.39 is 0 Å². The molecule has 30 heavy (non-hydrogen) atoms. The number of hydrogen-bond acceptors (Lipinski definition) is 3. The molecule has 0 aliphatic carbocycles. The highest BCUT2D eigenvalue weighted by atomic mass is 35.5. The summed E-state index contributed by atoms with van der Waals surface area (Å²) in [7, 11) is 2.10. The first-order valence-corrected chi connectivity index (χ1v) is 10.9. The van der Waals surface area contributed by atoms with E-state index in [1.54, 1.807) is 6.07 Å². The number of carbonyl (C=O) groups excluding carboxylic acids is 1. The van der Waals surface area contributed by atoms with Gasteiger partial charge in [0.05, 0.1) is 12.5 Å². The van der Waals surface area contributed by atoms with Crippen molar-refractivity contribution >= 4 is 17.5 Å². The van der Waals surface area contributed by atoms with Crippen molar-refractivity contribution in [3.8, 4) is 5.75 Å². The van der Waals surface area contributed by atoms with Gasteiger partial charge in [-0.05, 0) is 82.2 Å². The van der Waals surface area contributed by atoms with Crippen molar-refractivity contribution in [1.82, 2.24) is 9.80 Å². The molecule has 0 atom stereocenters. The molecule has 0 saturated carbocycles. The lowest BCUT2D eigenvalue weighted by molar-refractivity contribution is -0.134. The third kappa shape index (κ3) is 6.19. The van der Waals surface area contributed by atoms with Crippen molar-refractivity contribution in [2.45, 2.75) is 51.8 Å². The highest BCUT2D eigenvalue weighted by Gasteiger charge is 2.27. The molecule has 1 heterocycles. The number of halogens is 2. The van der Waals surface area contributed by atoms with Crippen LogP contribution in [0.1, 0.15) is 37.8 Å². The monoisotopic (exact) mass is 432 g/mol. The standard InChI is InChI=1S/C24H30ClFN2O2/c1-17(2)30-22-8-4-18(5-9-22)14-24(29)28(21-10-12-27(3)13-11-21)16-19-6-7-20(26)15-23(19)25/h4-9,15,17,21H,10-14,16H2,1-3H3. The number of benzene rings is 2. The van der Waals surface area contributed by atoms with Gasteiger partial charge in [0.15, 0.2) is 0 Å². The van der Waals surface area contributed by atoms with E-state index in [4.69, 9.17) is 16.3 Å². The molecule has 0 aromatic heterocycles. The third-order valence-electron chi connectivity index (χ3n) is 5.46. The maximum Gasteiger partial charge on any atom is 0.227 e. The van der Waals surface area contributed by atoms with Gasteiger partial charge >= 0.3 is 0 Å². The van der Waals surface area contributed by atoms with E-state index in [0.29, 0.717) is 18.0 Å². The van der Waals surface area contributed by atoms with Gasteiger partial charge in [0.1, 0.15) is 11.6 Å². The van der Waals surface area contributed by atoms with Gasteiger partial charge in [0, 0.05) is 17.6 Å². The summed E-state index contributed by atoms with van der Waals surface area (Å²) in [6, 6.07) is 12.2. The summed E-state index contributed by atoms with van der Waals surface area (Å²) in [5.41, 5.74) is 1.71. The molecule has 1 amide bonds. The zero-order valence-electron chi connectivity index (χ0n) is 17.9. The molecule has 0 spiro atoms. The van der Waals surface area contributed by atoms with Crippen molar-refractivity contribution < 1.29 is 13.9 Å². The lowest BCUT2D eigenvalue weighted by Crippen LogP contribution is -2.46. The summed E-state index contributed by atoms with van der Waals surface area (Å²) in [4.78, 5) is 17.5. The molecule has 1 saturated heterocycles. The largest absolute Gasteiger partial charge is 0.491 e. The Morgan fingerprint density at radius 1 is 1.20 bits per heavy atom. The van der Waals surface area contributed by atoms with Crippen molar-refractivity contribution in [2.24, 2.45) is 0 Å². The predicted molar refractivity (Wildman–Crippen MR) is 118 cm³/mol. The molecule has 1 fully saturated rings. The van der Waals surface area contributed by atoms with E-state index in [9.17, 15) is 9.18 Å². The summed E-state index contributed by atoms with van der Waals surface area (Å²) >= 11 is 6.26. The van der Waals surface area contributed by atoms with Crippen molar-refractivity contribution in [2.75, 3.05) is 20.1 Å². The molecule has 0 radical (unpaired) electrons. The first-order valence-electron chi connectivity index (χ1n) is 10.5. The first-order chi connectivity index (χ1) is 14.3. The zero-order valence-corrected chi connectivity index (χ0v) is 18.7. The zero-order chi connectivity index (χ0) is 21.7. The summed E-state index contributed by atoms with van der Waals surface area (Å²) in [5.74, 6) is 0.485. The van der Waals surface area contributed by atoms with Gasteiger partial charge in [-0.3, -0.25) is 4.79 Å². The van der Waals surface area contributed by atoms with Gasteiger partial charge in [-0.2, -0.15) is 0 Å². The number of amides is 1. The van der Waals surface area contributed by atoms with Crippen molar-refractivity contribution in [3.05, 3.63) is 64.4 Å². The number of nitrogens with zero attached hydrogens (tertiary/aromatic N) is 2. The topological polar surface area (TPSA) is 32.8 Å². The normalized spacial score (nSPS) is 15.4. The third-order valence-corrected chi connectivity index (χ3v) is 5.81. The summed E-state index contributed by atoms with van der Waals surface area (Å²) < 4.78 is 19.1. The Bertz CT molecular complexity index is 849. The lowest BCUT2D eigenvalue weighted by atomic mass is 10.0. The Morgan fingerprint density at radius 2 is 1.87 bits per heavy atom. The highest BCUT2D eigenvalue weighted by molar-refractivity contribution is 6.31. The van der Waals surface area contributed by atoms with Gasteiger partial charge in [-0.15, -0.1) is 0 Å². The van der Waals surface area contributed by atoms with E-state index in [1.807, 2.05) is 43.0 Å². The Morgan fingerprint density at radius 3 is 2.47 bits per heavy atom. The van der Waals surface area contributed by atoms with E-state index >= 15 is 0 Å². The van der Waals surface area contributed by atoms with Crippen LogP contribution in [0.4, 0.5) is 4.39 Å². The lowest BCUT2D eigenvalue weighted by Gasteiger charge is -2.37. The van der Waals surface area contributed by atoms with Crippen LogP contribution in [-0.4, -0.2) is 48.0 Å². The molecular weight excluding hydrogens is 403 g/mol. The summed E-state index contributed by atoms with van der Waals surface area (Å²) in [5, 5.41) is 0.357. The second-order valence-electron chi connectivity index (χ2n) is 8.28. The van der Waals surface area contributed by atoms with Crippen LogP contribution in [0.25, 0.3) is 0 Å². The maximum absolute atomic E-state index is 13.5.